The molecule has 0 atom stereocenters. The SMILES string of the molecule is CC1(C)c2ccccc2-c2ccc(-c3ccc(-c4ccc5oc6cccc(-c7nc(-c8ccc9oc%10ccccc%10c9c8)nc(-c8cccc9sc%10ccccc%10c89)n7)c6c5c4)cc3)cc21. The van der Waals surface area contributed by atoms with Gasteiger partial charge in [0.15, 0.2) is 17.5 Å². The van der Waals surface area contributed by atoms with Crippen LogP contribution in [0.5, 0.6) is 0 Å². The van der Waals surface area contributed by atoms with Crippen LogP contribution < -0.4 is 0 Å². The second-order valence-corrected chi connectivity index (χ2v) is 19.0. The van der Waals surface area contributed by atoms with Gasteiger partial charge in [0.1, 0.15) is 22.3 Å². The smallest absolute Gasteiger partial charge is 0.164 e. The number of benzene rings is 9. The fourth-order valence-electron chi connectivity index (χ4n) is 10.5. The summed E-state index contributed by atoms with van der Waals surface area (Å²) < 4.78 is 15.2. The third-order valence-electron chi connectivity index (χ3n) is 13.8. The number of rotatable bonds is 5. The van der Waals surface area contributed by atoms with Crippen LogP contribution in [0.3, 0.4) is 0 Å². The van der Waals surface area contributed by atoms with E-state index in [0.717, 1.165) is 77.1 Å². The molecule has 6 heteroatoms. The van der Waals surface area contributed by atoms with Gasteiger partial charge in [0.25, 0.3) is 0 Å². The fourth-order valence-corrected chi connectivity index (χ4v) is 11.6. The zero-order chi connectivity index (χ0) is 43.7. The molecule has 66 heavy (non-hydrogen) atoms. The average Bonchev–Trinajstić information content (AvgIpc) is 4.11. The lowest BCUT2D eigenvalue weighted by Gasteiger charge is -2.22. The fraction of sp³-hybridized carbons (Fsp3) is 0.0500. The van der Waals surface area contributed by atoms with Crippen LogP contribution in [0, 0.1) is 0 Å². The summed E-state index contributed by atoms with van der Waals surface area (Å²) in [5.74, 6) is 1.77. The molecule has 14 rings (SSSR count). The van der Waals surface area contributed by atoms with E-state index in [2.05, 4.69) is 159 Å². The first-order valence-electron chi connectivity index (χ1n) is 22.3. The number of nitrogens with zero attached hydrogens (tertiary/aromatic N) is 3. The van der Waals surface area contributed by atoms with Gasteiger partial charge in [0.05, 0.1) is 0 Å². The highest BCUT2D eigenvalue weighted by molar-refractivity contribution is 7.25. The van der Waals surface area contributed by atoms with Crippen molar-refractivity contribution in [2.45, 2.75) is 19.3 Å². The molecule has 0 radical (unpaired) electrons. The van der Waals surface area contributed by atoms with Crippen molar-refractivity contribution >= 4 is 75.4 Å². The van der Waals surface area contributed by atoms with Gasteiger partial charge in [-0.05, 0) is 105 Å². The van der Waals surface area contributed by atoms with Gasteiger partial charge in [-0.1, -0.05) is 141 Å². The van der Waals surface area contributed by atoms with E-state index in [0.29, 0.717) is 17.5 Å². The molecule has 5 nitrogen and oxygen atoms in total. The Morgan fingerprint density at radius 2 is 0.879 bits per heavy atom. The Hall–Kier alpha value is -8.19. The van der Waals surface area contributed by atoms with Gasteiger partial charge < -0.3 is 8.83 Å². The minimum atomic E-state index is -0.0508. The zero-order valence-electron chi connectivity index (χ0n) is 36.0. The van der Waals surface area contributed by atoms with Crippen molar-refractivity contribution < 1.29 is 8.83 Å². The van der Waals surface area contributed by atoms with Gasteiger partial charge in [0, 0.05) is 63.8 Å². The van der Waals surface area contributed by atoms with E-state index >= 15 is 0 Å². The Labute approximate surface area is 383 Å². The molecule has 0 N–H and O–H groups in total. The van der Waals surface area contributed by atoms with E-state index in [-0.39, 0.29) is 5.41 Å². The molecule has 0 aliphatic heterocycles. The molecule has 0 saturated carbocycles. The highest BCUT2D eigenvalue weighted by Crippen LogP contribution is 2.50. The zero-order valence-corrected chi connectivity index (χ0v) is 36.8. The summed E-state index contributed by atoms with van der Waals surface area (Å²) >= 11 is 1.79. The quantitative estimate of drug-likeness (QED) is 0.172. The van der Waals surface area contributed by atoms with Crippen molar-refractivity contribution in [1.82, 2.24) is 15.0 Å². The minimum Gasteiger partial charge on any atom is -0.456 e. The Morgan fingerprint density at radius 1 is 0.348 bits per heavy atom. The van der Waals surface area contributed by atoms with Gasteiger partial charge in [-0.25, -0.2) is 15.0 Å². The Balaban J connectivity index is 0.910. The Kier molecular flexibility index (Phi) is 7.84. The second kappa shape index (κ2) is 13.9. The minimum absolute atomic E-state index is 0.0508. The monoisotopic (exact) mass is 863 g/mol. The van der Waals surface area contributed by atoms with Crippen molar-refractivity contribution in [2.24, 2.45) is 0 Å². The molecular weight excluding hydrogens is 827 g/mol. The summed E-state index contributed by atoms with van der Waals surface area (Å²) in [6, 6.07) is 66.6. The maximum Gasteiger partial charge on any atom is 0.164 e. The molecule has 0 bridgehead atoms. The average molecular weight is 864 g/mol. The molecule has 0 saturated heterocycles. The normalized spacial score (nSPS) is 13.1. The number of fused-ring (bicyclic) bond motifs is 12. The van der Waals surface area contributed by atoms with Crippen LogP contribution in [0.4, 0.5) is 0 Å². The Bertz CT molecular complexity index is 4150. The molecule has 310 valence electrons. The predicted octanol–water partition coefficient (Wildman–Crippen LogP) is 16.7. The summed E-state index contributed by atoms with van der Waals surface area (Å²) in [6.07, 6.45) is 0. The molecule has 4 heterocycles. The molecule has 0 fully saturated rings. The van der Waals surface area contributed by atoms with Crippen molar-refractivity contribution in [3.05, 3.63) is 199 Å². The third-order valence-corrected chi connectivity index (χ3v) is 14.9. The van der Waals surface area contributed by atoms with E-state index in [9.17, 15) is 0 Å². The molecule has 1 aliphatic carbocycles. The number of thiophene rings is 1. The van der Waals surface area contributed by atoms with Crippen LogP contribution >= 0.6 is 11.3 Å². The van der Waals surface area contributed by atoms with Crippen molar-refractivity contribution in [3.8, 4) is 67.5 Å². The predicted molar refractivity (Wildman–Crippen MR) is 272 cm³/mol. The first-order chi connectivity index (χ1) is 32.4. The highest BCUT2D eigenvalue weighted by Gasteiger charge is 2.35. The first kappa shape index (κ1) is 37.2. The number of hydrogen-bond donors (Lipinski definition) is 0. The van der Waals surface area contributed by atoms with E-state index in [1.165, 1.54) is 48.2 Å². The largest absolute Gasteiger partial charge is 0.456 e. The summed E-state index contributed by atoms with van der Waals surface area (Å²) in [6.45, 7) is 4.67. The second-order valence-electron chi connectivity index (χ2n) is 17.9. The van der Waals surface area contributed by atoms with Gasteiger partial charge >= 0.3 is 0 Å². The Morgan fingerprint density at radius 3 is 1.71 bits per heavy atom. The standard InChI is InChI=1S/C60H37N3O2S/c1-60(2)47-16-6-3-11-39(47)40-28-25-37(33-48(40)60)35-23-21-34(22-24-35)36-26-29-51-46(31-36)55-43(14-9-18-52(55)65-51)58-61-57(38-27-30-50-45(32-38)41-12-4-7-17-49(41)64-50)62-59(63-58)44-15-10-20-54-56(44)42-13-5-8-19-53(42)66-54/h3-33H,1-2H3. The number of hydrogen-bond acceptors (Lipinski definition) is 6. The molecule has 0 spiro atoms. The lowest BCUT2D eigenvalue weighted by atomic mass is 9.81. The van der Waals surface area contributed by atoms with Gasteiger partial charge in [-0.15, -0.1) is 11.3 Å². The number of furan rings is 2. The van der Waals surface area contributed by atoms with Gasteiger partial charge in [0.2, 0.25) is 0 Å². The van der Waals surface area contributed by atoms with E-state index in [4.69, 9.17) is 23.8 Å². The van der Waals surface area contributed by atoms with Crippen molar-refractivity contribution in [3.63, 3.8) is 0 Å². The molecule has 0 amide bonds. The van der Waals surface area contributed by atoms with E-state index < -0.39 is 0 Å². The molecule has 0 unspecified atom stereocenters. The summed E-state index contributed by atoms with van der Waals surface area (Å²) in [5, 5.41) is 6.37. The maximum atomic E-state index is 6.58. The van der Waals surface area contributed by atoms with Crippen LogP contribution in [-0.2, 0) is 5.41 Å². The van der Waals surface area contributed by atoms with Crippen LogP contribution in [0.25, 0.3) is 132 Å². The lowest BCUT2D eigenvalue weighted by molar-refractivity contribution is 0.660. The molecule has 9 aromatic carbocycles. The topological polar surface area (TPSA) is 65.0 Å². The summed E-state index contributed by atoms with van der Waals surface area (Å²) in [4.78, 5) is 15.9. The van der Waals surface area contributed by atoms with E-state index in [1.54, 1.807) is 11.3 Å². The van der Waals surface area contributed by atoms with Crippen LogP contribution in [-0.4, -0.2) is 15.0 Å². The van der Waals surface area contributed by atoms with Crippen LogP contribution in [0.1, 0.15) is 25.0 Å². The highest BCUT2D eigenvalue weighted by atomic mass is 32.1. The van der Waals surface area contributed by atoms with Crippen molar-refractivity contribution in [2.75, 3.05) is 0 Å². The third kappa shape index (κ3) is 5.55. The molecular formula is C60H37N3O2S. The molecule has 1 aliphatic rings. The molecule has 13 aromatic rings. The van der Waals surface area contributed by atoms with Crippen molar-refractivity contribution in [1.29, 1.82) is 0 Å². The molecule has 4 aromatic heterocycles. The maximum absolute atomic E-state index is 6.58. The number of para-hydroxylation sites is 1. The number of aromatic nitrogens is 3. The van der Waals surface area contributed by atoms with Crippen LogP contribution in [0.15, 0.2) is 197 Å². The van der Waals surface area contributed by atoms with Gasteiger partial charge in [-0.3, -0.25) is 0 Å². The summed E-state index contributed by atoms with van der Waals surface area (Å²) in [7, 11) is 0. The summed E-state index contributed by atoms with van der Waals surface area (Å²) in [5.41, 5.74) is 16.0. The lowest BCUT2D eigenvalue weighted by Crippen LogP contribution is -2.14. The van der Waals surface area contributed by atoms with Gasteiger partial charge in [-0.2, -0.15) is 0 Å². The van der Waals surface area contributed by atoms with Crippen LogP contribution in [0.2, 0.25) is 0 Å². The first-order valence-corrected chi connectivity index (χ1v) is 23.1. The van der Waals surface area contributed by atoms with E-state index in [1.807, 2.05) is 42.5 Å².